The normalized spacial score (nSPS) is 9.96. The monoisotopic (exact) mass is 455 g/mol. The van der Waals surface area contributed by atoms with Gasteiger partial charge in [0.15, 0.2) is 5.13 Å². The molecule has 1 heterocycles. The number of rotatable bonds is 4. The number of thiazole rings is 1. The minimum Gasteiger partial charge on any atom is -0.332 e. The lowest BCUT2D eigenvalue weighted by atomic mass is 10.1. The van der Waals surface area contributed by atoms with Gasteiger partial charge < -0.3 is 5.32 Å². The number of anilines is 2. The molecule has 0 saturated carbocycles. The van der Waals surface area contributed by atoms with Crippen LogP contribution in [0.5, 0.6) is 0 Å². The van der Waals surface area contributed by atoms with Gasteiger partial charge in [-0.1, -0.05) is 28.1 Å². The summed E-state index contributed by atoms with van der Waals surface area (Å²) in [5.41, 5.74) is 2.44. The zero-order valence-electron chi connectivity index (χ0n) is 11.6. The summed E-state index contributed by atoms with van der Waals surface area (Å²) < 4.78 is 1.01. The summed E-state index contributed by atoms with van der Waals surface area (Å²) in [6.45, 7) is 0. The predicted octanol–water partition coefficient (Wildman–Crippen LogP) is 5.80. The molecule has 1 N–H and O–H groups in total. The summed E-state index contributed by atoms with van der Waals surface area (Å²) in [4.78, 5) is 14.9. The van der Waals surface area contributed by atoms with Gasteiger partial charge in [-0.3, -0.25) is 10.1 Å². The molecule has 0 amide bonds. The maximum absolute atomic E-state index is 10.8. The van der Waals surface area contributed by atoms with Crippen molar-refractivity contribution < 1.29 is 4.92 Å². The number of nitro benzene ring substituents is 1. The Bertz CT molecular complexity index is 822. The van der Waals surface area contributed by atoms with Crippen molar-refractivity contribution in [1.29, 1.82) is 0 Å². The minimum atomic E-state index is -0.406. The number of nitrogens with zero attached hydrogens (tertiary/aromatic N) is 2. The fraction of sp³-hybridized carbons (Fsp3) is 0. The first-order chi connectivity index (χ1) is 10.6. The first-order valence-corrected chi connectivity index (χ1v) is 8.02. The molecule has 5 nitrogen and oxygen atoms in total. The van der Waals surface area contributed by atoms with Crippen LogP contribution in [0.3, 0.4) is 0 Å². The van der Waals surface area contributed by atoms with Crippen LogP contribution < -0.4 is 5.32 Å². The van der Waals surface area contributed by atoms with E-state index in [0.717, 1.165) is 20.9 Å². The van der Waals surface area contributed by atoms with Crippen LogP contribution in [0.4, 0.5) is 16.5 Å². The Morgan fingerprint density at radius 2 is 1.91 bits per heavy atom. The highest BCUT2D eigenvalue weighted by Crippen LogP contribution is 2.29. The van der Waals surface area contributed by atoms with E-state index >= 15 is 0 Å². The van der Waals surface area contributed by atoms with Crippen molar-refractivity contribution in [2.24, 2.45) is 0 Å². The Morgan fingerprint density at radius 1 is 1.17 bits per heavy atom. The highest BCUT2D eigenvalue weighted by Gasteiger charge is 2.10. The number of aromatic nitrogens is 1. The Labute approximate surface area is 155 Å². The molecule has 0 aliphatic heterocycles. The fourth-order valence-electron chi connectivity index (χ4n) is 1.90. The van der Waals surface area contributed by atoms with Gasteiger partial charge in [0.05, 0.1) is 10.6 Å². The quantitative estimate of drug-likeness (QED) is 0.397. The average molecular weight is 457 g/mol. The molecule has 118 valence electrons. The van der Waals surface area contributed by atoms with Crippen LogP contribution in [0.25, 0.3) is 11.3 Å². The third-order valence-electron chi connectivity index (χ3n) is 2.95. The SMILES string of the molecule is Br.O=[N+]([O-])c1cccc(-c2csc(Nc3ccc(Br)cc3)n2)c1. The largest absolute Gasteiger partial charge is 0.332 e. The maximum Gasteiger partial charge on any atom is 0.270 e. The lowest BCUT2D eigenvalue weighted by Crippen LogP contribution is -1.90. The molecule has 0 aliphatic rings. The van der Waals surface area contributed by atoms with Crippen LogP contribution in [-0.2, 0) is 0 Å². The molecule has 8 heteroatoms. The molecule has 0 atom stereocenters. The third kappa shape index (κ3) is 4.37. The van der Waals surface area contributed by atoms with Crippen molar-refractivity contribution in [3.05, 3.63) is 68.5 Å². The van der Waals surface area contributed by atoms with Crippen LogP contribution in [0.1, 0.15) is 0 Å². The van der Waals surface area contributed by atoms with Gasteiger partial charge in [0.1, 0.15) is 0 Å². The summed E-state index contributed by atoms with van der Waals surface area (Å²) in [5, 5.41) is 16.7. The molecule has 23 heavy (non-hydrogen) atoms. The highest BCUT2D eigenvalue weighted by atomic mass is 79.9. The van der Waals surface area contributed by atoms with Crippen molar-refractivity contribution in [1.82, 2.24) is 4.98 Å². The molecule has 0 radical (unpaired) electrons. The van der Waals surface area contributed by atoms with E-state index in [9.17, 15) is 10.1 Å². The number of halogens is 2. The maximum atomic E-state index is 10.8. The molecule has 0 saturated heterocycles. The van der Waals surface area contributed by atoms with Gasteiger partial charge in [-0.05, 0) is 24.3 Å². The summed E-state index contributed by atoms with van der Waals surface area (Å²) in [5.74, 6) is 0. The van der Waals surface area contributed by atoms with Crippen LogP contribution in [-0.4, -0.2) is 9.91 Å². The van der Waals surface area contributed by atoms with E-state index in [-0.39, 0.29) is 22.7 Å². The molecule has 1 aromatic heterocycles. The topological polar surface area (TPSA) is 68.1 Å². The van der Waals surface area contributed by atoms with Crippen LogP contribution in [0, 0.1) is 10.1 Å². The Balaban J connectivity index is 0.00000192. The number of hydrogen-bond acceptors (Lipinski definition) is 5. The van der Waals surface area contributed by atoms with E-state index in [4.69, 9.17) is 0 Å². The molecule has 0 fully saturated rings. The van der Waals surface area contributed by atoms with E-state index < -0.39 is 4.92 Å². The van der Waals surface area contributed by atoms with E-state index in [0.29, 0.717) is 5.69 Å². The Morgan fingerprint density at radius 3 is 2.61 bits per heavy atom. The van der Waals surface area contributed by atoms with Crippen LogP contribution >= 0.6 is 44.2 Å². The molecule has 2 aromatic carbocycles. The molecule has 0 aliphatic carbocycles. The molecular formula is C15H11Br2N3O2S. The third-order valence-corrected chi connectivity index (χ3v) is 4.24. The summed E-state index contributed by atoms with van der Waals surface area (Å²) in [7, 11) is 0. The standard InChI is InChI=1S/C15H10BrN3O2S.BrH/c16-11-4-6-12(7-5-11)17-15-18-14(9-22-15)10-2-1-3-13(8-10)19(20)21;/h1-9H,(H,17,18);1H. The second-order valence-corrected chi connectivity index (χ2v) is 6.25. The van der Waals surface area contributed by atoms with Crippen LogP contribution in [0.2, 0.25) is 0 Å². The Kier molecular flexibility index (Phi) is 5.86. The lowest BCUT2D eigenvalue weighted by molar-refractivity contribution is -0.384. The first-order valence-electron chi connectivity index (χ1n) is 6.35. The van der Waals surface area contributed by atoms with Crippen molar-refractivity contribution in [2.45, 2.75) is 0 Å². The van der Waals surface area contributed by atoms with Gasteiger partial charge in [-0.25, -0.2) is 4.98 Å². The molecule has 0 bridgehead atoms. The van der Waals surface area contributed by atoms with Gasteiger partial charge in [0.2, 0.25) is 0 Å². The predicted molar refractivity (Wildman–Crippen MR) is 102 cm³/mol. The second-order valence-electron chi connectivity index (χ2n) is 4.48. The zero-order chi connectivity index (χ0) is 15.5. The van der Waals surface area contributed by atoms with E-state index in [2.05, 4.69) is 26.2 Å². The average Bonchev–Trinajstić information content (AvgIpc) is 2.98. The molecule has 3 rings (SSSR count). The van der Waals surface area contributed by atoms with Gasteiger partial charge in [-0.2, -0.15) is 0 Å². The fourth-order valence-corrected chi connectivity index (χ4v) is 2.90. The molecule has 0 unspecified atom stereocenters. The van der Waals surface area contributed by atoms with Crippen molar-refractivity contribution in [3.63, 3.8) is 0 Å². The van der Waals surface area contributed by atoms with Crippen molar-refractivity contribution in [3.8, 4) is 11.3 Å². The van der Waals surface area contributed by atoms with E-state index in [1.165, 1.54) is 23.5 Å². The van der Waals surface area contributed by atoms with E-state index in [1.54, 1.807) is 6.07 Å². The smallest absolute Gasteiger partial charge is 0.270 e. The number of nitro groups is 1. The number of benzene rings is 2. The summed E-state index contributed by atoms with van der Waals surface area (Å²) in [6, 6.07) is 14.2. The summed E-state index contributed by atoms with van der Waals surface area (Å²) in [6.07, 6.45) is 0. The number of nitrogens with one attached hydrogen (secondary N) is 1. The zero-order valence-corrected chi connectivity index (χ0v) is 15.7. The van der Waals surface area contributed by atoms with Crippen molar-refractivity contribution >= 4 is 60.8 Å². The first kappa shape index (κ1) is 17.6. The van der Waals surface area contributed by atoms with Gasteiger partial charge in [0, 0.05) is 33.2 Å². The molecule has 3 aromatic rings. The molecule has 0 spiro atoms. The number of hydrogen-bond donors (Lipinski definition) is 1. The van der Waals surface area contributed by atoms with E-state index in [1.807, 2.05) is 35.7 Å². The second kappa shape index (κ2) is 7.67. The van der Waals surface area contributed by atoms with Gasteiger partial charge >= 0.3 is 0 Å². The summed E-state index contributed by atoms with van der Waals surface area (Å²) >= 11 is 4.84. The minimum absolute atomic E-state index is 0. The van der Waals surface area contributed by atoms with Gasteiger partial charge in [-0.15, -0.1) is 28.3 Å². The van der Waals surface area contributed by atoms with Gasteiger partial charge in [0.25, 0.3) is 5.69 Å². The van der Waals surface area contributed by atoms with Crippen molar-refractivity contribution in [2.75, 3.05) is 5.32 Å². The Hall–Kier alpha value is -1.77. The highest BCUT2D eigenvalue weighted by molar-refractivity contribution is 9.10. The molecular weight excluding hydrogens is 446 g/mol. The van der Waals surface area contributed by atoms with Crippen LogP contribution in [0.15, 0.2) is 58.4 Å². The lowest BCUT2D eigenvalue weighted by Gasteiger charge is -2.02. The number of non-ortho nitro benzene ring substituents is 1.